The summed E-state index contributed by atoms with van der Waals surface area (Å²) in [5, 5.41) is 13.6. The van der Waals surface area contributed by atoms with E-state index in [0.717, 1.165) is 16.7 Å². The predicted molar refractivity (Wildman–Crippen MR) is 125 cm³/mol. The predicted octanol–water partition coefficient (Wildman–Crippen LogP) is 5.09. The fourth-order valence-corrected chi connectivity index (χ4v) is 3.89. The van der Waals surface area contributed by atoms with Gasteiger partial charge in [0.2, 0.25) is 0 Å². The molecule has 0 radical (unpaired) electrons. The van der Waals surface area contributed by atoms with Crippen molar-refractivity contribution in [3.63, 3.8) is 0 Å². The lowest BCUT2D eigenvalue weighted by Gasteiger charge is -2.15. The van der Waals surface area contributed by atoms with E-state index >= 15 is 0 Å². The number of carboxylic acids is 1. The molecule has 9 heteroatoms. The molecule has 0 fully saturated rings. The van der Waals surface area contributed by atoms with Crippen molar-refractivity contribution >= 4 is 23.5 Å². The number of ether oxygens (including phenoxy) is 1. The third kappa shape index (κ3) is 5.18. The molecule has 0 saturated heterocycles. The number of carboxylic acid groups (broad SMARTS) is 1. The Balaban J connectivity index is 1.46. The Kier molecular flexibility index (Phi) is 6.79. The minimum Gasteiger partial charge on any atom is -0.476 e. The van der Waals surface area contributed by atoms with Crippen LogP contribution in [0, 0.1) is 6.92 Å². The van der Waals surface area contributed by atoms with E-state index in [1.807, 2.05) is 42.5 Å². The van der Waals surface area contributed by atoms with Gasteiger partial charge in [-0.2, -0.15) is 0 Å². The molecule has 0 aliphatic carbocycles. The van der Waals surface area contributed by atoms with E-state index in [9.17, 15) is 9.59 Å². The summed E-state index contributed by atoms with van der Waals surface area (Å²) in [5.74, 6) is -0.977. The molecule has 0 aliphatic rings. The Labute approximate surface area is 200 Å². The van der Waals surface area contributed by atoms with Crippen molar-refractivity contribution in [2.75, 3.05) is 0 Å². The molecule has 34 heavy (non-hydrogen) atoms. The van der Waals surface area contributed by atoms with Gasteiger partial charge in [0.05, 0.1) is 18.4 Å². The molecule has 0 spiro atoms. The molecule has 2 heterocycles. The molecule has 1 unspecified atom stereocenters. The number of aryl methyl sites for hydroxylation is 1. The van der Waals surface area contributed by atoms with Crippen molar-refractivity contribution in [3.05, 3.63) is 94.2 Å². The first kappa shape index (κ1) is 23.3. The van der Waals surface area contributed by atoms with E-state index in [1.54, 1.807) is 24.5 Å². The lowest BCUT2D eigenvalue weighted by Crippen LogP contribution is -2.12. The van der Waals surface area contributed by atoms with Crippen molar-refractivity contribution in [2.24, 2.45) is 0 Å². The van der Waals surface area contributed by atoms with Gasteiger partial charge in [-0.05, 0) is 25.5 Å². The second-order valence-electron chi connectivity index (χ2n) is 7.84. The maximum Gasteiger partial charge on any atom is 0.356 e. The monoisotopic (exact) mass is 479 g/mol. The molecule has 0 amide bonds. The highest BCUT2D eigenvalue weighted by molar-refractivity contribution is 6.31. The number of nitrogens with zero attached hydrogens (tertiary/aromatic N) is 3. The number of halogens is 1. The molecule has 4 aromatic rings. The molecule has 2 aromatic carbocycles. The number of carbonyl (C=O) groups is 2. The average Bonchev–Trinajstić information content (AvgIpc) is 3.42. The lowest BCUT2D eigenvalue weighted by molar-refractivity contribution is -0.147. The van der Waals surface area contributed by atoms with Gasteiger partial charge in [0.1, 0.15) is 6.10 Å². The highest BCUT2D eigenvalue weighted by Crippen LogP contribution is 2.29. The van der Waals surface area contributed by atoms with E-state index in [0.29, 0.717) is 28.6 Å². The maximum atomic E-state index is 12.7. The summed E-state index contributed by atoms with van der Waals surface area (Å²) in [6.07, 6.45) is 2.47. The van der Waals surface area contributed by atoms with Crippen LogP contribution in [0.3, 0.4) is 0 Å². The largest absolute Gasteiger partial charge is 0.476 e. The number of hydrogen-bond donors (Lipinski definition) is 1. The van der Waals surface area contributed by atoms with Gasteiger partial charge in [-0.3, -0.25) is 4.79 Å². The number of rotatable bonds is 8. The van der Waals surface area contributed by atoms with Crippen LogP contribution >= 0.6 is 11.6 Å². The van der Waals surface area contributed by atoms with Crippen LogP contribution in [0.25, 0.3) is 11.3 Å². The minimum absolute atomic E-state index is 0.00543. The van der Waals surface area contributed by atoms with Crippen LogP contribution in [0.15, 0.2) is 65.6 Å². The molecular formula is C25H22ClN3O5. The highest BCUT2D eigenvalue weighted by atomic mass is 35.5. The number of aromatic nitrogens is 3. The van der Waals surface area contributed by atoms with Crippen LogP contribution in [0.1, 0.15) is 45.9 Å². The van der Waals surface area contributed by atoms with E-state index < -0.39 is 18.0 Å². The molecule has 0 saturated carbocycles. The van der Waals surface area contributed by atoms with E-state index in [4.69, 9.17) is 26.0 Å². The summed E-state index contributed by atoms with van der Waals surface area (Å²) >= 11 is 6.21. The first-order valence-corrected chi connectivity index (χ1v) is 10.9. The van der Waals surface area contributed by atoms with E-state index in [-0.39, 0.29) is 12.1 Å². The summed E-state index contributed by atoms with van der Waals surface area (Å²) in [6, 6.07) is 14.8. The number of esters is 1. The number of benzene rings is 2. The molecule has 174 valence electrons. The summed E-state index contributed by atoms with van der Waals surface area (Å²) in [6.45, 7) is 4.02. The molecule has 1 N–H and O–H groups in total. The number of aromatic carboxylic acids is 1. The van der Waals surface area contributed by atoms with Gasteiger partial charge in [-0.15, -0.1) is 0 Å². The second kappa shape index (κ2) is 9.93. The van der Waals surface area contributed by atoms with Crippen molar-refractivity contribution in [3.8, 4) is 11.3 Å². The van der Waals surface area contributed by atoms with Gasteiger partial charge in [0.25, 0.3) is 0 Å². The molecule has 0 aliphatic heterocycles. The summed E-state index contributed by atoms with van der Waals surface area (Å²) in [5.41, 5.74) is 3.72. The zero-order valence-corrected chi connectivity index (χ0v) is 19.3. The van der Waals surface area contributed by atoms with E-state index in [2.05, 4.69) is 10.1 Å². The van der Waals surface area contributed by atoms with Crippen molar-refractivity contribution in [1.82, 2.24) is 14.7 Å². The van der Waals surface area contributed by atoms with Crippen LogP contribution < -0.4 is 0 Å². The molecule has 8 nitrogen and oxygen atoms in total. The smallest absolute Gasteiger partial charge is 0.356 e. The molecular weight excluding hydrogens is 458 g/mol. The van der Waals surface area contributed by atoms with Gasteiger partial charge in [-0.25, -0.2) is 9.78 Å². The lowest BCUT2D eigenvalue weighted by atomic mass is 10.0. The standard InChI is InChI=1S/C25H22ClN3O5/c1-15-20(11-23(30)33-16(2)19-5-3-4-6-21(19)26)24(34-28-15)18-9-7-17(8-10-18)12-29-13-22(25(31)32)27-14-29/h3-10,13-14,16H,11-12H2,1-2H3,(H,31,32). The summed E-state index contributed by atoms with van der Waals surface area (Å²) < 4.78 is 12.8. The Hall–Kier alpha value is -3.91. The van der Waals surface area contributed by atoms with Crippen LogP contribution in [0.4, 0.5) is 0 Å². The maximum absolute atomic E-state index is 12.7. The zero-order valence-electron chi connectivity index (χ0n) is 18.6. The van der Waals surface area contributed by atoms with Gasteiger partial charge < -0.3 is 18.9 Å². The van der Waals surface area contributed by atoms with Crippen LogP contribution in [0.2, 0.25) is 5.02 Å². The Morgan fingerprint density at radius 2 is 1.91 bits per heavy atom. The summed E-state index contributed by atoms with van der Waals surface area (Å²) in [7, 11) is 0. The molecule has 2 aromatic heterocycles. The third-order valence-corrected chi connectivity index (χ3v) is 5.74. The SMILES string of the molecule is Cc1noc(-c2ccc(Cn3cnc(C(=O)O)c3)cc2)c1CC(=O)OC(C)c1ccccc1Cl. The number of carbonyl (C=O) groups excluding carboxylic acids is 1. The first-order valence-electron chi connectivity index (χ1n) is 10.5. The third-order valence-electron chi connectivity index (χ3n) is 5.39. The average molecular weight is 480 g/mol. The first-order chi connectivity index (χ1) is 16.3. The van der Waals surface area contributed by atoms with Crippen molar-refractivity contribution in [1.29, 1.82) is 0 Å². The second-order valence-corrected chi connectivity index (χ2v) is 8.25. The molecule has 0 bridgehead atoms. The van der Waals surface area contributed by atoms with Gasteiger partial charge in [0.15, 0.2) is 11.5 Å². The van der Waals surface area contributed by atoms with Crippen LogP contribution in [-0.4, -0.2) is 31.8 Å². The Morgan fingerprint density at radius 3 is 2.59 bits per heavy atom. The number of imidazole rings is 1. The van der Waals surface area contributed by atoms with Gasteiger partial charge >= 0.3 is 11.9 Å². The zero-order chi connectivity index (χ0) is 24.2. The molecule has 1 atom stereocenters. The van der Waals surface area contributed by atoms with Gasteiger partial charge in [0, 0.05) is 34.5 Å². The van der Waals surface area contributed by atoms with Crippen LogP contribution in [-0.2, 0) is 22.5 Å². The Morgan fingerprint density at radius 1 is 1.18 bits per heavy atom. The quantitative estimate of drug-likeness (QED) is 0.350. The fraction of sp³-hybridized carbons (Fsp3) is 0.200. The van der Waals surface area contributed by atoms with Crippen molar-refractivity contribution < 1.29 is 24.0 Å². The topological polar surface area (TPSA) is 107 Å². The van der Waals surface area contributed by atoms with Crippen molar-refractivity contribution in [2.45, 2.75) is 32.9 Å². The minimum atomic E-state index is -1.07. The molecule has 4 rings (SSSR count). The number of hydrogen-bond acceptors (Lipinski definition) is 6. The van der Waals surface area contributed by atoms with E-state index in [1.165, 1.54) is 12.5 Å². The normalized spacial score (nSPS) is 11.9. The fourth-order valence-electron chi connectivity index (χ4n) is 3.60. The van der Waals surface area contributed by atoms with Crippen LogP contribution in [0.5, 0.6) is 0 Å². The summed E-state index contributed by atoms with van der Waals surface area (Å²) in [4.78, 5) is 27.5. The highest BCUT2D eigenvalue weighted by Gasteiger charge is 2.21. The van der Waals surface area contributed by atoms with Gasteiger partial charge in [-0.1, -0.05) is 59.2 Å². The Bertz CT molecular complexity index is 1330.